The third kappa shape index (κ3) is 3.42. The Morgan fingerprint density at radius 1 is 1.52 bits per heavy atom. The molecule has 0 saturated carbocycles. The molecule has 0 aliphatic carbocycles. The molecule has 0 radical (unpaired) electrons. The number of thiophene rings is 1. The number of hydrogen-bond acceptors (Lipinski definition) is 6. The molecule has 1 aliphatic rings. The van der Waals surface area contributed by atoms with E-state index in [-0.39, 0.29) is 11.5 Å². The first-order valence-corrected chi connectivity index (χ1v) is 10.3. The van der Waals surface area contributed by atoms with Crippen LogP contribution in [-0.2, 0) is 21.1 Å². The number of sulfone groups is 1. The number of esters is 1. The zero-order valence-corrected chi connectivity index (χ0v) is 15.0. The van der Waals surface area contributed by atoms with Crippen molar-refractivity contribution in [3.8, 4) is 0 Å². The van der Waals surface area contributed by atoms with Crippen molar-refractivity contribution < 1.29 is 17.9 Å². The first kappa shape index (κ1) is 16.4. The largest absolute Gasteiger partial charge is 0.457 e. The maximum atomic E-state index is 12.3. The second kappa shape index (κ2) is 5.90. The third-order valence-electron chi connectivity index (χ3n) is 3.81. The van der Waals surface area contributed by atoms with Gasteiger partial charge in [-0.1, -0.05) is 13.8 Å². The maximum Gasteiger partial charge on any atom is 0.348 e. The van der Waals surface area contributed by atoms with Crippen LogP contribution in [0.2, 0.25) is 0 Å². The molecule has 1 aliphatic heterocycles. The zero-order valence-electron chi connectivity index (χ0n) is 13.4. The van der Waals surface area contributed by atoms with Gasteiger partial charge in [0.05, 0.1) is 17.2 Å². The van der Waals surface area contributed by atoms with E-state index in [9.17, 15) is 13.2 Å². The number of carbonyl (C=O) groups is 1. The summed E-state index contributed by atoms with van der Waals surface area (Å²) in [5.74, 6) is 0.0476. The molecule has 0 bridgehead atoms. The van der Waals surface area contributed by atoms with E-state index in [0.29, 0.717) is 17.2 Å². The van der Waals surface area contributed by atoms with Gasteiger partial charge >= 0.3 is 5.97 Å². The zero-order chi connectivity index (χ0) is 16.8. The number of aromatic nitrogens is 2. The number of aryl methyl sites for hydroxylation is 1. The standard InChI is InChI=1S/C15H20N2O4S2/c1-9(2)7-17-14-12(10(3)16-17)6-13(22-14)15(18)21-11-4-5-23(19,20)8-11/h6,9,11H,4-5,7-8H2,1-3H3/t11-/m0/s1. The summed E-state index contributed by atoms with van der Waals surface area (Å²) in [5.41, 5.74) is 0.888. The topological polar surface area (TPSA) is 78.3 Å². The van der Waals surface area contributed by atoms with E-state index in [2.05, 4.69) is 18.9 Å². The minimum absolute atomic E-state index is 0.0657. The summed E-state index contributed by atoms with van der Waals surface area (Å²) >= 11 is 1.35. The fraction of sp³-hybridized carbons (Fsp3) is 0.600. The molecule has 1 atom stereocenters. The predicted molar refractivity (Wildman–Crippen MR) is 89.7 cm³/mol. The van der Waals surface area contributed by atoms with Gasteiger partial charge in [0.1, 0.15) is 15.8 Å². The van der Waals surface area contributed by atoms with E-state index in [0.717, 1.165) is 22.5 Å². The average Bonchev–Trinajstić information content (AvgIpc) is 3.07. The number of hydrogen-bond donors (Lipinski definition) is 0. The molecule has 0 spiro atoms. The van der Waals surface area contributed by atoms with Crippen LogP contribution in [0.1, 0.15) is 35.6 Å². The van der Waals surface area contributed by atoms with Crippen LogP contribution in [0.25, 0.3) is 10.2 Å². The Morgan fingerprint density at radius 3 is 2.87 bits per heavy atom. The Morgan fingerprint density at radius 2 is 2.26 bits per heavy atom. The minimum atomic E-state index is -3.05. The van der Waals surface area contributed by atoms with Crippen molar-refractivity contribution in [3.05, 3.63) is 16.6 Å². The smallest absolute Gasteiger partial charge is 0.348 e. The lowest BCUT2D eigenvalue weighted by molar-refractivity contribution is 0.0362. The van der Waals surface area contributed by atoms with Gasteiger partial charge in [0.15, 0.2) is 9.84 Å². The summed E-state index contributed by atoms with van der Waals surface area (Å²) < 4.78 is 30.2. The quantitative estimate of drug-likeness (QED) is 0.786. The monoisotopic (exact) mass is 356 g/mol. The lowest BCUT2D eigenvalue weighted by Crippen LogP contribution is -2.18. The Hall–Kier alpha value is -1.41. The van der Waals surface area contributed by atoms with Gasteiger partial charge in [-0.3, -0.25) is 4.68 Å². The fourth-order valence-corrected chi connectivity index (χ4v) is 5.39. The van der Waals surface area contributed by atoms with Crippen LogP contribution in [0.3, 0.4) is 0 Å². The highest BCUT2D eigenvalue weighted by atomic mass is 32.2. The maximum absolute atomic E-state index is 12.3. The second-order valence-electron chi connectivity index (χ2n) is 6.42. The van der Waals surface area contributed by atoms with Gasteiger partial charge < -0.3 is 4.74 Å². The molecule has 3 rings (SSSR count). The summed E-state index contributed by atoms with van der Waals surface area (Å²) in [5, 5.41) is 5.47. The van der Waals surface area contributed by atoms with E-state index in [4.69, 9.17) is 4.74 Å². The van der Waals surface area contributed by atoms with E-state index >= 15 is 0 Å². The van der Waals surface area contributed by atoms with Crippen LogP contribution in [0.15, 0.2) is 6.07 Å². The number of carbonyl (C=O) groups excluding carboxylic acids is 1. The highest BCUT2D eigenvalue weighted by Crippen LogP contribution is 2.30. The molecule has 1 fully saturated rings. The van der Waals surface area contributed by atoms with Gasteiger partial charge in [-0.05, 0) is 25.3 Å². The highest BCUT2D eigenvalue weighted by molar-refractivity contribution is 7.91. The van der Waals surface area contributed by atoms with Crippen molar-refractivity contribution >= 4 is 37.4 Å². The summed E-state index contributed by atoms with van der Waals surface area (Å²) in [4.78, 5) is 13.8. The lowest BCUT2D eigenvalue weighted by Gasteiger charge is -2.08. The summed E-state index contributed by atoms with van der Waals surface area (Å²) in [6.07, 6.45) is -0.134. The molecule has 8 heteroatoms. The van der Waals surface area contributed by atoms with Gasteiger partial charge in [-0.2, -0.15) is 5.10 Å². The van der Waals surface area contributed by atoms with Crippen LogP contribution in [0.4, 0.5) is 0 Å². The van der Waals surface area contributed by atoms with Gasteiger partial charge in [0.2, 0.25) is 0 Å². The first-order chi connectivity index (χ1) is 10.7. The summed E-state index contributed by atoms with van der Waals surface area (Å²) in [7, 11) is -3.05. The van der Waals surface area contributed by atoms with Crippen molar-refractivity contribution in [2.24, 2.45) is 5.92 Å². The van der Waals surface area contributed by atoms with Crippen LogP contribution in [0.5, 0.6) is 0 Å². The summed E-state index contributed by atoms with van der Waals surface area (Å²) in [6, 6.07) is 1.80. The van der Waals surface area contributed by atoms with Gasteiger partial charge in [0.25, 0.3) is 0 Å². The average molecular weight is 356 g/mol. The molecule has 23 heavy (non-hydrogen) atoms. The van der Waals surface area contributed by atoms with E-state index in [1.54, 1.807) is 6.07 Å². The molecule has 0 aromatic carbocycles. The van der Waals surface area contributed by atoms with Crippen LogP contribution in [-0.4, -0.2) is 41.8 Å². The fourth-order valence-electron chi connectivity index (χ4n) is 2.75. The van der Waals surface area contributed by atoms with Crippen molar-refractivity contribution in [2.45, 2.75) is 39.8 Å². The Bertz CT molecular complexity index is 848. The van der Waals surface area contributed by atoms with Gasteiger partial charge in [0, 0.05) is 11.9 Å². The molecule has 126 valence electrons. The summed E-state index contributed by atoms with van der Waals surface area (Å²) in [6.45, 7) is 6.95. The predicted octanol–water partition coefficient (Wildman–Crippen LogP) is 2.41. The van der Waals surface area contributed by atoms with Crippen molar-refractivity contribution in [1.82, 2.24) is 9.78 Å². The molecular formula is C15H20N2O4S2. The van der Waals surface area contributed by atoms with Gasteiger partial charge in [-0.25, -0.2) is 13.2 Å². The van der Waals surface area contributed by atoms with E-state index < -0.39 is 21.9 Å². The SMILES string of the molecule is Cc1nn(CC(C)C)c2sc(C(=O)O[C@H]3CCS(=O)(=O)C3)cc12. The minimum Gasteiger partial charge on any atom is -0.457 e. The Kier molecular flexibility index (Phi) is 4.22. The first-order valence-electron chi connectivity index (χ1n) is 7.63. The van der Waals surface area contributed by atoms with Crippen LogP contribution >= 0.6 is 11.3 Å². The molecule has 2 aromatic rings. The molecule has 0 N–H and O–H groups in total. The highest BCUT2D eigenvalue weighted by Gasteiger charge is 2.31. The number of rotatable bonds is 4. The Balaban J connectivity index is 1.81. The number of nitrogens with zero attached hydrogens (tertiary/aromatic N) is 2. The third-order valence-corrected chi connectivity index (χ3v) is 6.68. The van der Waals surface area contributed by atoms with Crippen LogP contribution < -0.4 is 0 Å². The molecule has 0 amide bonds. The number of ether oxygens (including phenoxy) is 1. The second-order valence-corrected chi connectivity index (χ2v) is 9.68. The van der Waals surface area contributed by atoms with E-state index in [1.807, 2.05) is 11.6 Å². The lowest BCUT2D eigenvalue weighted by atomic mass is 10.2. The van der Waals surface area contributed by atoms with E-state index in [1.165, 1.54) is 11.3 Å². The normalized spacial score (nSPS) is 20.4. The van der Waals surface area contributed by atoms with Gasteiger partial charge in [-0.15, -0.1) is 11.3 Å². The number of fused-ring (bicyclic) bond motifs is 1. The molecule has 1 saturated heterocycles. The van der Waals surface area contributed by atoms with Crippen molar-refractivity contribution in [2.75, 3.05) is 11.5 Å². The van der Waals surface area contributed by atoms with Crippen molar-refractivity contribution in [3.63, 3.8) is 0 Å². The molecule has 0 unspecified atom stereocenters. The molecule has 2 aromatic heterocycles. The molecule has 3 heterocycles. The van der Waals surface area contributed by atoms with Crippen molar-refractivity contribution in [1.29, 1.82) is 0 Å². The molecular weight excluding hydrogens is 336 g/mol. The van der Waals surface area contributed by atoms with Crippen LogP contribution in [0, 0.1) is 12.8 Å². The Labute approximate surface area is 139 Å². The molecule has 6 nitrogen and oxygen atoms in total.